The van der Waals surface area contributed by atoms with Gasteiger partial charge in [0.2, 0.25) is 0 Å². The largest absolute Gasteiger partial charge is 0.260 e. The van der Waals surface area contributed by atoms with E-state index in [0.29, 0.717) is 12.2 Å². The second-order valence-corrected chi connectivity index (χ2v) is 7.96. The maximum Gasteiger partial charge on any atom is 0.157 e. The van der Waals surface area contributed by atoms with E-state index in [1.54, 1.807) is 16.9 Å². The third kappa shape index (κ3) is 3.53. The van der Waals surface area contributed by atoms with E-state index in [4.69, 9.17) is 0 Å². The minimum Gasteiger partial charge on any atom is -0.260 e. The lowest BCUT2D eigenvalue weighted by atomic mass is 10.0. The van der Waals surface area contributed by atoms with Gasteiger partial charge in [0.15, 0.2) is 5.82 Å². The van der Waals surface area contributed by atoms with Gasteiger partial charge in [0.1, 0.15) is 12.1 Å². The van der Waals surface area contributed by atoms with Crippen LogP contribution in [0.4, 0.5) is 10.2 Å². The Kier molecular flexibility index (Phi) is 4.59. The van der Waals surface area contributed by atoms with Crippen LogP contribution in [0.3, 0.4) is 0 Å². The van der Waals surface area contributed by atoms with Crippen LogP contribution in [0.5, 0.6) is 0 Å². The number of nitrogens with one attached hydrogen (secondary N) is 1. The van der Waals surface area contributed by atoms with Crippen molar-refractivity contribution in [2.24, 2.45) is 0 Å². The second kappa shape index (κ2) is 7.40. The number of hydrogen-bond donors (Lipinski definition) is 1. The van der Waals surface area contributed by atoms with Crippen LogP contribution in [-0.4, -0.2) is 19.9 Å². The van der Waals surface area contributed by atoms with Crippen LogP contribution in [0.1, 0.15) is 11.1 Å². The molecule has 2 aromatic heterocycles. The molecule has 0 atom stereocenters. The molecule has 1 N–H and O–H groups in total. The van der Waals surface area contributed by atoms with Crippen LogP contribution < -0.4 is 5.43 Å². The van der Waals surface area contributed by atoms with Gasteiger partial charge in [0.25, 0.3) is 0 Å². The highest BCUT2D eigenvalue weighted by Gasteiger charge is 2.12. The number of halogens is 2. The van der Waals surface area contributed by atoms with Crippen LogP contribution in [0.15, 0.2) is 73.2 Å². The van der Waals surface area contributed by atoms with Gasteiger partial charge in [-0.1, -0.05) is 24.3 Å². The zero-order chi connectivity index (χ0) is 19.8. The third-order valence-electron chi connectivity index (χ3n) is 4.78. The Labute approximate surface area is 179 Å². The standard InChI is InChI=1S/C22H15FIN5/c23-16-5-3-4-14(9-16)8-15-10-17(24)11-21-19(15)12-27-29(21)28-22-18-6-1-2-7-20(18)25-13-26-22/h1-7,9-13H,8H2,(H,25,26,28). The molecule has 0 aliphatic carbocycles. The summed E-state index contributed by atoms with van der Waals surface area (Å²) < 4.78 is 14.7. The minimum absolute atomic E-state index is 0.225. The number of hydrogen-bond acceptors (Lipinski definition) is 4. The molecule has 0 unspecified atom stereocenters. The molecular weight excluding hydrogens is 480 g/mol. The lowest BCUT2D eigenvalue weighted by Crippen LogP contribution is -2.12. The van der Waals surface area contributed by atoms with Crippen molar-refractivity contribution in [1.82, 2.24) is 19.9 Å². The SMILES string of the molecule is Fc1cccc(Cc2cc(I)cc3c2cnn3Nc2ncnc3ccccc23)c1. The van der Waals surface area contributed by atoms with Gasteiger partial charge < -0.3 is 0 Å². The summed E-state index contributed by atoms with van der Waals surface area (Å²) in [6.07, 6.45) is 4.00. The van der Waals surface area contributed by atoms with Gasteiger partial charge in [0, 0.05) is 14.3 Å². The normalized spacial score (nSPS) is 11.2. The summed E-state index contributed by atoms with van der Waals surface area (Å²) in [5, 5.41) is 6.46. The predicted octanol–water partition coefficient (Wildman–Crippen LogP) is 5.19. The molecule has 3 aromatic carbocycles. The van der Waals surface area contributed by atoms with E-state index in [1.807, 2.05) is 36.5 Å². The Hall–Kier alpha value is -3.07. The van der Waals surface area contributed by atoms with E-state index < -0.39 is 0 Å². The maximum atomic E-state index is 13.6. The highest BCUT2D eigenvalue weighted by molar-refractivity contribution is 14.1. The average Bonchev–Trinajstić information content (AvgIpc) is 3.11. The topological polar surface area (TPSA) is 55.6 Å². The van der Waals surface area contributed by atoms with Crippen LogP contribution in [0.2, 0.25) is 0 Å². The van der Waals surface area contributed by atoms with Gasteiger partial charge in [-0.15, -0.1) is 0 Å². The first-order valence-electron chi connectivity index (χ1n) is 9.05. The zero-order valence-electron chi connectivity index (χ0n) is 15.2. The molecule has 29 heavy (non-hydrogen) atoms. The van der Waals surface area contributed by atoms with Crippen molar-refractivity contribution >= 4 is 50.2 Å². The van der Waals surface area contributed by atoms with Gasteiger partial charge in [0.05, 0.1) is 17.2 Å². The Morgan fingerprint density at radius 1 is 0.966 bits per heavy atom. The number of rotatable bonds is 4. The Morgan fingerprint density at radius 3 is 2.76 bits per heavy atom. The summed E-state index contributed by atoms with van der Waals surface area (Å²) in [7, 11) is 0. The van der Waals surface area contributed by atoms with Crippen molar-refractivity contribution in [2.45, 2.75) is 6.42 Å². The van der Waals surface area contributed by atoms with E-state index in [-0.39, 0.29) is 5.82 Å². The first-order valence-corrected chi connectivity index (χ1v) is 10.1. The molecule has 0 fully saturated rings. The third-order valence-corrected chi connectivity index (χ3v) is 5.40. The van der Waals surface area contributed by atoms with Crippen molar-refractivity contribution in [1.29, 1.82) is 0 Å². The molecular formula is C22H15FIN5. The minimum atomic E-state index is -0.225. The first kappa shape index (κ1) is 18.0. The fourth-order valence-electron chi connectivity index (χ4n) is 3.46. The summed E-state index contributed by atoms with van der Waals surface area (Å²) in [5.41, 5.74) is 7.11. The van der Waals surface area contributed by atoms with E-state index in [0.717, 1.165) is 36.5 Å². The van der Waals surface area contributed by atoms with Crippen LogP contribution in [0.25, 0.3) is 21.8 Å². The highest BCUT2D eigenvalue weighted by Crippen LogP contribution is 2.26. The fraction of sp³-hybridized carbons (Fsp3) is 0.0455. The molecule has 0 bridgehead atoms. The molecule has 5 rings (SSSR count). The van der Waals surface area contributed by atoms with E-state index in [1.165, 1.54) is 12.4 Å². The molecule has 0 radical (unpaired) electrons. The van der Waals surface area contributed by atoms with E-state index in [9.17, 15) is 4.39 Å². The van der Waals surface area contributed by atoms with E-state index in [2.05, 4.69) is 55.2 Å². The van der Waals surface area contributed by atoms with Gasteiger partial charge in [-0.05, 0) is 76.5 Å². The summed E-state index contributed by atoms with van der Waals surface area (Å²) in [6.45, 7) is 0. The molecule has 2 heterocycles. The Balaban J connectivity index is 1.57. The zero-order valence-corrected chi connectivity index (χ0v) is 17.3. The van der Waals surface area contributed by atoms with Crippen molar-refractivity contribution in [3.05, 3.63) is 93.7 Å². The smallest absolute Gasteiger partial charge is 0.157 e. The van der Waals surface area contributed by atoms with Crippen LogP contribution in [-0.2, 0) is 6.42 Å². The number of benzene rings is 3. The predicted molar refractivity (Wildman–Crippen MR) is 120 cm³/mol. The van der Waals surface area contributed by atoms with Crippen LogP contribution >= 0.6 is 22.6 Å². The number of nitrogens with zero attached hydrogens (tertiary/aromatic N) is 4. The monoisotopic (exact) mass is 495 g/mol. The summed E-state index contributed by atoms with van der Waals surface area (Å²) in [5.74, 6) is 0.462. The Bertz CT molecular complexity index is 1340. The molecule has 0 aliphatic heterocycles. The van der Waals surface area contributed by atoms with Crippen molar-refractivity contribution in [3.8, 4) is 0 Å². The molecule has 0 saturated carbocycles. The van der Waals surface area contributed by atoms with Crippen molar-refractivity contribution in [2.75, 3.05) is 5.43 Å². The molecule has 5 nitrogen and oxygen atoms in total. The summed E-state index contributed by atoms with van der Waals surface area (Å²) >= 11 is 2.29. The lowest BCUT2D eigenvalue weighted by molar-refractivity contribution is 0.626. The number of para-hydroxylation sites is 1. The van der Waals surface area contributed by atoms with Crippen LogP contribution in [0, 0.1) is 9.39 Å². The molecule has 0 spiro atoms. The Morgan fingerprint density at radius 2 is 1.86 bits per heavy atom. The lowest BCUT2D eigenvalue weighted by Gasteiger charge is -2.10. The molecule has 0 saturated heterocycles. The van der Waals surface area contributed by atoms with Gasteiger partial charge in [-0.25, -0.2) is 14.4 Å². The maximum absolute atomic E-state index is 13.6. The molecule has 0 aliphatic rings. The number of aromatic nitrogens is 4. The van der Waals surface area contributed by atoms with E-state index >= 15 is 0 Å². The first-order chi connectivity index (χ1) is 14.2. The summed E-state index contributed by atoms with van der Waals surface area (Å²) in [4.78, 5) is 10.4. The van der Waals surface area contributed by atoms with Gasteiger partial charge in [-0.2, -0.15) is 9.89 Å². The molecule has 142 valence electrons. The molecule has 7 heteroatoms. The number of anilines is 1. The van der Waals surface area contributed by atoms with Gasteiger partial charge in [-0.3, -0.25) is 5.43 Å². The number of fused-ring (bicyclic) bond motifs is 2. The quantitative estimate of drug-likeness (QED) is 0.349. The van der Waals surface area contributed by atoms with Crippen molar-refractivity contribution in [3.63, 3.8) is 0 Å². The average molecular weight is 495 g/mol. The molecule has 0 amide bonds. The summed E-state index contributed by atoms with van der Waals surface area (Å²) in [6, 6.07) is 18.7. The van der Waals surface area contributed by atoms with Gasteiger partial charge >= 0.3 is 0 Å². The second-order valence-electron chi connectivity index (χ2n) is 6.71. The van der Waals surface area contributed by atoms with Crippen molar-refractivity contribution < 1.29 is 4.39 Å². The fourth-order valence-corrected chi connectivity index (χ4v) is 4.13. The highest BCUT2D eigenvalue weighted by atomic mass is 127. The molecule has 5 aromatic rings.